The van der Waals surface area contributed by atoms with E-state index in [1.165, 1.54) is 12.1 Å². The molecule has 1 atom stereocenters. The van der Waals surface area contributed by atoms with Gasteiger partial charge in [0.25, 0.3) is 0 Å². The topological polar surface area (TPSA) is 84.5 Å². The van der Waals surface area contributed by atoms with Crippen LogP contribution in [0.1, 0.15) is 32.8 Å². The molecule has 6 nitrogen and oxygen atoms in total. The number of amides is 1. The SMILES string of the molecule is CCOc1ccc(Cl)cc1S(=O)(=O)NC(Cc1ccccc1)C(=O)NCCC(C)C. The lowest BCUT2D eigenvalue weighted by Crippen LogP contribution is -2.48. The van der Waals surface area contributed by atoms with Gasteiger partial charge in [0.2, 0.25) is 15.9 Å². The second-order valence-electron chi connectivity index (χ2n) is 7.36. The summed E-state index contributed by atoms with van der Waals surface area (Å²) in [6.45, 7) is 6.66. The van der Waals surface area contributed by atoms with Crippen LogP contribution in [0.2, 0.25) is 5.02 Å². The maximum Gasteiger partial charge on any atom is 0.245 e. The van der Waals surface area contributed by atoms with Gasteiger partial charge in [-0.3, -0.25) is 4.79 Å². The molecule has 0 bridgehead atoms. The van der Waals surface area contributed by atoms with Crippen molar-refractivity contribution in [3.63, 3.8) is 0 Å². The molecule has 0 aliphatic carbocycles. The molecule has 30 heavy (non-hydrogen) atoms. The molecular weight excluding hydrogens is 424 g/mol. The first-order valence-corrected chi connectivity index (χ1v) is 11.9. The minimum absolute atomic E-state index is 0.0927. The zero-order valence-corrected chi connectivity index (χ0v) is 19.1. The number of nitrogens with one attached hydrogen (secondary N) is 2. The minimum Gasteiger partial charge on any atom is -0.492 e. The van der Waals surface area contributed by atoms with Crippen molar-refractivity contribution in [3.05, 3.63) is 59.1 Å². The van der Waals surface area contributed by atoms with Crippen LogP contribution in [-0.4, -0.2) is 33.5 Å². The molecule has 0 radical (unpaired) electrons. The number of benzene rings is 2. The van der Waals surface area contributed by atoms with Crippen LogP contribution in [0.15, 0.2) is 53.4 Å². The van der Waals surface area contributed by atoms with Gasteiger partial charge in [0.1, 0.15) is 16.7 Å². The van der Waals surface area contributed by atoms with Crippen LogP contribution in [0.5, 0.6) is 5.75 Å². The molecular formula is C22H29ClN2O4S. The van der Waals surface area contributed by atoms with Gasteiger partial charge in [-0.2, -0.15) is 4.72 Å². The van der Waals surface area contributed by atoms with E-state index >= 15 is 0 Å². The van der Waals surface area contributed by atoms with Gasteiger partial charge in [-0.15, -0.1) is 0 Å². The molecule has 0 saturated carbocycles. The molecule has 0 aliphatic heterocycles. The molecule has 1 unspecified atom stereocenters. The van der Waals surface area contributed by atoms with Crippen molar-refractivity contribution in [1.29, 1.82) is 0 Å². The van der Waals surface area contributed by atoms with Crippen LogP contribution in [0, 0.1) is 5.92 Å². The second-order valence-corrected chi connectivity index (χ2v) is 9.48. The van der Waals surface area contributed by atoms with Crippen LogP contribution in [0.25, 0.3) is 0 Å². The van der Waals surface area contributed by atoms with Crippen molar-refractivity contribution in [2.75, 3.05) is 13.2 Å². The largest absolute Gasteiger partial charge is 0.492 e. The third-order valence-electron chi connectivity index (χ3n) is 4.41. The Morgan fingerprint density at radius 2 is 1.83 bits per heavy atom. The van der Waals surface area contributed by atoms with Crippen LogP contribution < -0.4 is 14.8 Å². The number of ether oxygens (including phenoxy) is 1. The van der Waals surface area contributed by atoms with Crippen LogP contribution in [0.4, 0.5) is 0 Å². The van der Waals surface area contributed by atoms with E-state index in [0.717, 1.165) is 12.0 Å². The Morgan fingerprint density at radius 1 is 1.13 bits per heavy atom. The van der Waals surface area contributed by atoms with Crippen LogP contribution in [0.3, 0.4) is 0 Å². The fraction of sp³-hybridized carbons (Fsp3) is 0.409. The molecule has 2 N–H and O–H groups in total. The fourth-order valence-corrected chi connectivity index (χ4v) is 4.46. The normalized spacial score (nSPS) is 12.6. The summed E-state index contributed by atoms with van der Waals surface area (Å²) in [5.41, 5.74) is 0.848. The third-order valence-corrected chi connectivity index (χ3v) is 6.14. The van der Waals surface area contributed by atoms with Crippen molar-refractivity contribution in [3.8, 4) is 5.75 Å². The maximum absolute atomic E-state index is 13.1. The second kappa shape index (κ2) is 11.3. The number of hydrogen-bond acceptors (Lipinski definition) is 4. The summed E-state index contributed by atoms with van der Waals surface area (Å²) in [5.74, 6) is 0.242. The lowest BCUT2D eigenvalue weighted by Gasteiger charge is -2.20. The first-order chi connectivity index (χ1) is 14.2. The Kier molecular flexibility index (Phi) is 9.14. The van der Waals surface area contributed by atoms with E-state index < -0.39 is 16.1 Å². The Bertz CT molecular complexity index is 933. The van der Waals surface area contributed by atoms with Gasteiger partial charge < -0.3 is 10.1 Å². The molecule has 2 aromatic carbocycles. The highest BCUT2D eigenvalue weighted by atomic mass is 35.5. The number of carbonyl (C=O) groups excluding carboxylic acids is 1. The quantitative estimate of drug-likeness (QED) is 0.543. The van der Waals surface area contributed by atoms with Crippen LogP contribution >= 0.6 is 11.6 Å². The number of sulfonamides is 1. The van der Waals surface area contributed by atoms with E-state index in [9.17, 15) is 13.2 Å². The van der Waals surface area contributed by atoms with E-state index in [-0.39, 0.29) is 28.0 Å². The monoisotopic (exact) mass is 452 g/mol. The van der Waals surface area contributed by atoms with Crippen LogP contribution in [-0.2, 0) is 21.2 Å². The highest BCUT2D eigenvalue weighted by Crippen LogP contribution is 2.27. The van der Waals surface area contributed by atoms with Gasteiger partial charge in [0.15, 0.2) is 0 Å². The van der Waals surface area contributed by atoms with Gasteiger partial charge in [-0.1, -0.05) is 55.8 Å². The number of hydrogen-bond donors (Lipinski definition) is 2. The minimum atomic E-state index is -4.06. The zero-order valence-electron chi connectivity index (χ0n) is 17.5. The molecule has 0 aromatic heterocycles. The van der Waals surface area contributed by atoms with Crippen molar-refractivity contribution in [2.24, 2.45) is 5.92 Å². The molecule has 2 aromatic rings. The summed E-state index contributed by atoms with van der Waals surface area (Å²) >= 11 is 6.02. The molecule has 0 saturated heterocycles. The number of carbonyl (C=O) groups is 1. The van der Waals surface area contributed by atoms with Gasteiger partial charge in [0, 0.05) is 11.6 Å². The zero-order chi connectivity index (χ0) is 22.1. The Labute approximate surface area is 184 Å². The summed E-state index contributed by atoms with van der Waals surface area (Å²) in [5, 5.41) is 3.10. The molecule has 8 heteroatoms. The van der Waals surface area contributed by atoms with E-state index in [4.69, 9.17) is 16.3 Å². The summed E-state index contributed by atoms with van der Waals surface area (Å²) in [6, 6.07) is 12.7. The number of rotatable bonds is 11. The van der Waals surface area contributed by atoms with E-state index in [1.54, 1.807) is 13.0 Å². The summed E-state index contributed by atoms with van der Waals surface area (Å²) in [4.78, 5) is 12.7. The van der Waals surface area contributed by atoms with Gasteiger partial charge in [-0.05, 0) is 49.4 Å². The first-order valence-electron chi connectivity index (χ1n) is 9.99. The fourth-order valence-electron chi connectivity index (χ4n) is 2.86. The smallest absolute Gasteiger partial charge is 0.245 e. The average molecular weight is 453 g/mol. The maximum atomic E-state index is 13.1. The van der Waals surface area contributed by atoms with E-state index in [0.29, 0.717) is 19.1 Å². The molecule has 0 heterocycles. The highest BCUT2D eigenvalue weighted by Gasteiger charge is 2.28. The molecule has 0 aliphatic rings. The molecule has 1 amide bonds. The van der Waals surface area contributed by atoms with Gasteiger partial charge in [0.05, 0.1) is 6.61 Å². The summed E-state index contributed by atoms with van der Waals surface area (Å²) < 4.78 is 34.3. The standard InChI is InChI=1S/C22H29ClN2O4S/c1-4-29-20-11-10-18(23)15-21(20)30(27,28)25-19(14-17-8-6-5-7-9-17)22(26)24-13-12-16(2)3/h5-11,15-16,19,25H,4,12-14H2,1-3H3,(H,24,26). The molecule has 2 rings (SSSR count). The summed E-state index contributed by atoms with van der Waals surface area (Å²) in [7, 11) is -4.06. The van der Waals surface area contributed by atoms with E-state index in [1.807, 2.05) is 30.3 Å². The van der Waals surface area contributed by atoms with E-state index in [2.05, 4.69) is 23.9 Å². The Hall–Kier alpha value is -2.09. The predicted molar refractivity (Wildman–Crippen MR) is 119 cm³/mol. The highest BCUT2D eigenvalue weighted by molar-refractivity contribution is 7.89. The molecule has 0 fully saturated rings. The van der Waals surface area contributed by atoms with Crippen molar-refractivity contribution in [1.82, 2.24) is 10.0 Å². The lowest BCUT2D eigenvalue weighted by atomic mass is 10.1. The first kappa shape index (κ1) is 24.2. The van der Waals surface area contributed by atoms with Gasteiger partial charge in [-0.25, -0.2) is 8.42 Å². The molecule has 0 spiro atoms. The molecule has 164 valence electrons. The van der Waals surface area contributed by atoms with Crippen molar-refractivity contribution >= 4 is 27.5 Å². The average Bonchev–Trinajstić information content (AvgIpc) is 2.69. The van der Waals surface area contributed by atoms with Crippen molar-refractivity contribution < 1.29 is 17.9 Å². The third kappa shape index (κ3) is 7.31. The lowest BCUT2D eigenvalue weighted by molar-refractivity contribution is -0.122. The Morgan fingerprint density at radius 3 is 2.47 bits per heavy atom. The summed E-state index contributed by atoms with van der Waals surface area (Å²) in [6.07, 6.45) is 1.03. The Balaban J connectivity index is 2.29. The number of halogens is 1. The van der Waals surface area contributed by atoms with Gasteiger partial charge >= 0.3 is 0 Å². The van der Waals surface area contributed by atoms with Crippen molar-refractivity contribution in [2.45, 2.75) is 44.6 Å². The predicted octanol–water partition coefficient (Wildman–Crippen LogP) is 3.79.